The van der Waals surface area contributed by atoms with Crippen molar-refractivity contribution in [2.45, 2.75) is 65.0 Å². The van der Waals surface area contributed by atoms with Crippen LogP contribution >= 0.6 is 0 Å². The van der Waals surface area contributed by atoms with E-state index in [-0.39, 0.29) is 0 Å². The second-order valence-electron chi connectivity index (χ2n) is 6.62. The minimum Gasteiger partial charge on any atom is -0.301 e. The molecule has 106 valence electrons. The van der Waals surface area contributed by atoms with E-state index >= 15 is 0 Å². The number of aromatic nitrogens is 3. The van der Waals surface area contributed by atoms with E-state index in [0.717, 1.165) is 24.7 Å². The van der Waals surface area contributed by atoms with E-state index in [0.29, 0.717) is 12.0 Å². The first kappa shape index (κ1) is 13.1. The standard InChI is InChI=1S/C15H26N4/c1-11(2)18-8-6-13(7-9-18)15-16-14-5-4-12(3)10-19(14)17-15/h11-13H,4-10H2,1-3H3. The van der Waals surface area contributed by atoms with Crippen LogP contribution in [-0.4, -0.2) is 38.8 Å². The van der Waals surface area contributed by atoms with Gasteiger partial charge < -0.3 is 4.90 Å². The highest BCUT2D eigenvalue weighted by Gasteiger charge is 2.27. The maximum atomic E-state index is 4.81. The molecular formula is C15H26N4. The van der Waals surface area contributed by atoms with Crippen molar-refractivity contribution in [3.8, 4) is 0 Å². The van der Waals surface area contributed by atoms with E-state index in [1.807, 2.05) is 0 Å². The van der Waals surface area contributed by atoms with Crippen LogP contribution < -0.4 is 0 Å². The van der Waals surface area contributed by atoms with Crippen LogP contribution in [0.4, 0.5) is 0 Å². The average molecular weight is 262 g/mol. The third-order valence-electron chi connectivity index (χ3n) is 4.74. The van der Waals surface area contributed by atoms with Gasteiger partial charge in [0.2, 0.25) is 0 Å². The molecule has 1 saturated heterocycles. The molecular weight excluding hydrogens is 236 g/mol. The topological polar surface area (TPSA) is 34.0 Å². The second-order valence-corrected chi connectivity index (χ2v) is 6.62. The molecule has 0 N–H and O–H groups in total. The van der Waals surface area contributed by atoms with Gasteiger partial charge in [0.25, 0.3) is 0 Å². The molecule has 2 aliphatic heterocycles. The first-order valence-corrected chi connectivity index (χ1v) is 7.81. The number of hydrogen-bond donors (Lipinski definition) is 0. The lowest BCUT2D eigenvalue weighted by Crippen LogP contribution is -2.38. The lowest BCUT2D eigenvalue weighted by atomic mass is 9.95. The van der Waals surface area contributed by atoms with Crippen molar-refractivity contribution in [2.75, 3.05) is 13.1 Å². The number of aryl methyl sites for hydroxylation is 1. The van der Waals surface area contributed by atoms with Crippen molar-refractivity contribution in [1.82, 2.24) is 19.7 Å². The van der Waals surface area contributed by atoms with Gasteiger partial charge in [-0.15, -0.1) is 0 Å². The summed E-state index contributed by atoms with van der Waals surface area (Å²) in [5.41, 5.74) is 0. The van der Waals surface area contributed by atoms with Crippen LogP contribution in [0.2, 0.25) is 0 Å². The zero-order valence-corrected chi connectivity index (χ0v) is 12.5. The molecule has 0 amide bonds. The first-order valence-electron chi connectivity index (χ1n) is 7.81. The molecule has 0 spiro atoms. The third-order valence-corrected chi connectivity index (χ3v) is 4.74. The Morgan fingerprint density at radius 2 is 1.89 bits per heavy atom. The van der Waals surface area contributed by atoms with Crippen LogP contribution in [0.5, 0.6) is 0 Å². The maximum Gasteiger partial charge on any atom is 0.154 e. The summed E-state index contributed by atoms with van der Waals surface area (Å²) in [5.74, 6) is 3.68. The van der Waals surface area contributed by atoms with Gasteiger partial charge in [-0.2, -0.15) is 5.10 Å². The van der Waals surface area contributed by atoms with Crippen molar-refractivity contribution in [1.29, 1.82) is 0 Å². The Balaban J connectivity index is 1.67. The number of rotatable bonds is 2. The zero-order valence-electron chi connectivity index (χ0n) is 12.5. The molecule has 0 bridgehead atoms. The van der Waals surface area contributed by atoms with Gasteiger partial charge in [-0.05, 0) is 52.1 Å². The molecule has 1 atom stereocenters. The van der Waals surface area contributed by atoms with Gasteiger partial charge in [-0.3, -0.25) is 0 Å². The lowest BCUT2D eigenvalue weighted by molar-refractivity contribution is 0.169. The van der Waals surface area contributed by atoms with Gasteiger partial charge in [0, 0.05) is 24.9 Å². The summed E-state index contributed by atoms with van der Waals surface area (Å²) < 4.78 is 2.16. The highest BCUT2D eigenvalue weighted by Crippen LogP contribution is 2.28. The van der Waals surface area contributed by atoms with Crippen molar-refractivity contribution < 1.29 is 0 Å². The van der Waals surface area contributed by atoms with Gasteiger partial charge in [0.15, 0.2) is 5.82 Å². The average Bonchev–Trinajstić information content (AvgIpc) is 2.81. The summed E-state index contributed by atoms with van der Waals surface area (Å²) >= 11 is 0. The van der Waals surface area contributed by atoms with Gasteiger partial charge >= 0.3 is 0 Å². The highest BCUT2D eigenvalue weighted by molar-refractivity contribution is 5.03. The molecule has 1 unspecified atom stereocenters. The fourth-order valence-electron chi connectivity index (χ4n) is 3.33. The minimum atomic E-state index is 0.586. The Hall–Kier alpha value is -0.900. The predicted molar refractivity (Wildman–Crippen MR) is 76.2 cm³/mol. The molecule has 1 aromatic rings. The van der Waals surface area contributed by atoms with Gasteiger partial charge in [0.05, 0.1) is 0 Å². The zero-order chi connectivity index (χ0) is 13.4. The van der Waals surface area contributed by atoms with E-state index < -0.39 is 0 Å². The smallest absolute Gasteiger partial charge is 0.154 e. The summed E-state index contributed by atoms with van der Waals surface area (Å²) in [6, 6.07) is 0.671. The van der Waals surface area contributed by atoms with Crippen molar-refractivity contribution in [3.63, 3.8) is 0 Å². The van der Waals surface area contributed by atoms with Crippen LogP contribution in [0.1, 0.15) is 57.6 Å². The highest BCUT2D eigenvalue weighted by atomic mass is 15.4. The lowest BCUT2D eigenvalue weighted by Gasteiger charge is -2.33. The number of likely N-dealkylation sites (tertiary alicyclic amines) is 1. The number of piperidine rings is 1. The Morgan fingerprint density at radius 3 is 2.58 bits per heavy atom. The third kappa shape index (κ3) is 2.69. The molecule has 2 aliphatic rings. The molecule has 19 heavy (non-hydrogen) atoms. The second kappa shape index (κ2) is 5.23. The molecule has 0 saturated carbocycles. The molecule has 4 heteroatoms. The molecule has 0 radical (unpaired) electrons. The summed E-state index contributed by atoms with van der Waals surface area (Å²) in [4.78, 5) is 7.38. The molecule has 0 aliphatic carbocycles. The van der Waals surface area contributed by atoms with Crippen molar-refractivity contribution in [3.05, 3.63) is 11.6 Å². The van der Waals surface area contributed by atoms with E-state index in [9.17, 15) is 0 Å². The Labute approximate surface area is 116 Å². The normalized spacial score (nSPS) is 25.8. The molecule has 3 heterocycles. The van der Waals surface area contributed by atoms with Crippen LogP contribution in [0, 0.1) is 5.92 Å². The SMILES string of the molecule is CC1CCc2nc(C3CCN(C(C)C)CC3)nn2C1. The number of fused-ring (bicyclic) bond motifs is 1. The molecule has 4 nitrogen and oxygen atoms in total. The Bertz CT molecular complexity index is 429. The fraction of sp³-hybridized carbons (Fsp3) is 0.867. The molecule has 0 aromatic carbocycles. The quantitative estimate of drug-likeness (QED) is 0.821. The van der Waals surface area contributed by atoms with Crippen LogP contribution in [-0.2, 0) is 13.0 Å². The summed E-state index contributed by atoms with van der Waals surface area (Å²) in [6.45, 7) is 10.3. The van der Waals surface area contributed by atoms with Crippen LogP contribution in [0.3, 0.4) is 0 Å². The predicted octanol–water partition coefficient (Wildman–Crippen LogP) is 2.45. The Morgan fingerprint density at radius 1 is 1.16 bits per heavy atom. The number of hydrogen-bond acceptors (Lipinski definition) is 3. The molecule has 3 rings (SSSR count). The minimum absolute atomic E-state index is 0.586. The maximum absolute atomic E-state index is 4.81. The van der Waals surface area contributed by atoms with Gasteiger partial charge in [-0.1, -0.05) is 6.92 Å². The van der Waals surface area contributed by atoms with Gasteiger partial charge in [0.1, 0.15) is 5.82 Å². The first-order chi connectivity index (χ1) is 9.13. The van der Waals surface area contributed by atoms with E-state index in [1.165, 1.54) is 38.2 Å². The summed E-state index contributed by atoms with van der Waals surface area (Å²) in [6.07, 6.45) is 4.82. The monoisotopic (exact) mass is 262 g/mol. The van der Waals surface area contributed by atoms with Crippen LogP contribution in [0.25, 0.3) is 0 Å². The summed E-state index contributed by atoms with van der Waals surface area (Å²) in [5, 5.41) is 4.78. The number of nitrogens with zero attached hydrogens (tertiary/aromatic N) is 4. The summed E-state index contributed by atoms with van der Waals surface area (Å²) in [7, 11) is 0. The fourth-order valence-corrected chi connectivity index (χ4v) is 3.33. The van der Waals surface area contributed by atoms with E-state index in [4.69, 9.17) is 10.1 Å². The molecule has 1 fully saturated rings. The van der Waals surface area contributed by atoms with E-state index in [1.54, 1.807) is 0 Å². The van der Waals surface area contributed by atoms with Crippen molar-refractivity contribution >= 4 is 0 Å². The largest absolute Gasteiger partial charge is 0.301 e. The van der Waals surface area contributed by atoms with Crippen molar-refractivity contribution in [2.24, 2.45) is 5.92 Å². The van der Waals surface area contributed by atoms with Gasteiger partial charge in [-0.25, -0.2) is 9.67 Å². The molecule has 1 aromatic heterocycles. The Kier molecular flexibility index (Phi) is 3.61. The van der Waals surface area contributed by atoms with E-state index in [2.05, 4.69) is 30.4 Å². The van der Waals surface area contributed by atoms with Crippen LogP contribution in [0.15, 0.2) is 0 Å².